The summed E-state index contributed by atoms with van der Waals surface area (Å²) in [6.07, 6.45) is 0. The molecule has 0 aliphatic rings. The average Bonchev–Trinajstić information content (AvgIpc) is 2.30. The van der Waals surface area contributed by atoms with E-state index in [2.05, 4.69) is 9.97 Å². The van der Waals surface area contributed by atoms with Gasteiger partial charge in [-0.2, -0.15) is 4.98 Å². The Balaban J connectivity index is 2.69. The SMILES string of the molecule is COc1cc(C)c(C)cc1-c1cc(C)[nH]c(=O)n1. The highest BCUT2D eigenvalue weighted by atomic mass is 16.5. The van der Waals surface area contributed by atoms with E-state index in [1.807, 2.05) is 39.0 Å². The minimum absolute atomic E-state index is 0.342. The van der Waals surface area contributed by atoms with Gasteiger partial charge in [0.2, 0.25) is 0 Å². The molecular weight excluding hydrogens is 228 g/mol. The molecule has 0 unspecified atom stereocenters. The third kappa shape index (κ3) is 2.27. The molecule has 1 aromatic carbocycles. The van der Waals surface area contributed by atoms with Crippen molar-refractivity contribution in [2.24, 2.45) is 0 Å². The number of nitrogens with zero attached hydrogens (tertiary/aromatic N) is 1. The van der Waals surface area contributed by atoms with Crippen LogP contribution in [0.4, 0.5) is 0 Å². The molecular formula is C14H16N2O2. The average molecular weight is 244 g/mol. The van der Waals surface area contributed by atoms with Crippen LogP contribution in [0, 0.1) is 20.8 Å². The molecule has 0 bridgehead atoms. The highest BCUT2D eigenvalue weighted by molar-refractivity contribution is 5.69. The van der Waals surface area contributed by atoms with Gasteiger partial charge in [-0.25, -0.2) is 4.79 Å². The third-order valence-corrected chi connectivity index (χ3v) is 2.97. The van der Waals surface area contributed by atoms with Gasteiger partial charge in [0.25, 0.3) is 0 Å². The highest BCUT2D eigenvalue weighted by Crippen LogP contribution is 2.30. The maximum absolute atomic E-state index is 11.4. The minimum atomic E-state index is -0.342. The van der Waals surface area contributed by atoms with Gasteiger partial charge >= 0.3 is 5.69 Å². The van der Waals surface area contributed by atoms with Crippen LogP contribution >= 0.6 is 0 Å². The Hall–Kier alpha value is -2.10. The van der Waals surface area contributed by atoms with Crippen LogP contribution in [0.2, 0.25) is 0 Å². The van der Waals surface area contributed by atoms with Crippen molar-refractivity contribution in [2.45, 2.75) is 20.8 Å². The molecule has 0 saturated carbocycles. The van der Waals surface area contributed by atoms with Crippen LogP contribution in [-0.4, -0.2) is 17.1 Å². The summed E-state index contributed by atoms with van der Waals surface area (Å²) in [5.41, 5.74) is 4.21. The van der Waals surface area contributed by atoms with E-state index in [4.69, 9.17) is 4.74 Å². The fourth-order valence-corrected chi connectivity index (χ4v) is 1.88. The Morgan fingerprint density at radius 1 is 1.11 bits per heavy atom. The lowest BCUT2D eigenvalue weighted by molar-refractivity contribution is 0.416. The summed E-state index contributed by atoms with van der Waals surface area (Å²) in [5, 5.41) is 0. The van der Waals surface area contributed by atoms with Crippen molar-refractivity contribution >= 4 is 0 Å². The molecule has 4 nitrogen and oxygen atoms in total. The summed E-state index contributed by atoms with van der Waals surface area (Å²) in [5.74, 6) is 0.732. The van der Waals surface area contributed by atoms with Crippen LogP contribution in [0.1, 0.15) is 16.8 Å². The van der Waals surface area contributed by atoms with E-state index in [0.717, 1.165) is 28.1 Å². The molecule has 0 fully saturated rings. The second kappa shape index (κ2) is 4.64. The first kappa shape index (κ1) is 12.4. The molecule has 0 amide bonds. The molecule has 0 atom stereocenters. The summed E-state index contributed by atoms with van der Waals surface area (Å²) in [7, 11) is 1.62. The predicted octanol–water partition coefficient (Wildman–Crippen LogP) is 2.37. The first-order valence-electron chi connectivity index (χ1n) is 5.75. The number of aryl methyl sites for hydroxylation is 3. The molecule has 0 aliphatic carbocycles. The van der Waals surface area contributed by atoms with Crippen molar-refractivity contribution in [3.05, 3.63) is 45.5 Å². The number of nitrogens with one attached hydrogen (secondary N) is 1. The molecule has 0 radical (unpaired) electrons. The Kier molecular flexibility index (Phi) is 3.19. The molecule has 4 heteroatoms. The Labute approximate surface area is 106 Å². The number of hydrogen-bond donors (Lipinski definition) is 1. The second-order valence-corrected chi connectivity index (χ2v) is 4.39. The molecule has 1 aromatic heterocycles. The summed E-state index contributed by atoms with van der Waals surface area (Å²) < 4.78 is 5.36. The van der Waals surface area contributed by atoms with E-state index in [1.54, 1.807) is 7.11 Å². The number of H-pyrrole nitrogens is 1. The normalized spacial score (nSPS) is 10.4. The third-order valence-electron chi connectivity index (χ3n) is 2.97. The van der Waals surface area contributed by atoms with Gasteiger partial charge in [0, 0.05) is 11.3 Å². The summed E-state index contributed by atoms with van der Waals surface area (Å²) in [6.45, 7) is 5.89. The highest BCUT2D eigenvalue weighted by Gasteiger charge is 2.10. The van der Waals surface area contributed by atoms with E-state index < -0.39 is 0 Å². The largest absolute Gasteiger partial charge is 0.496 e. The zero-order chi connectivity index (χ0) is 13.3. The standard InChI is InChI=1S/C14H16N2O2/c1-8-5-11(13(18-4)6-9(8)2)12-7-10(3)15-14(17)16-12/h5-7H,1-4H3,(H,15,16,17). The number of aromatic amines is 1. The van der Waals surface area contributed by atoms with E-state index in [-0.39, 0.29) is 5.69 Å². The number of rotatable bonds is 2. The van der Waals surface area contributed by atoms with Crippen molar-refractivity contribution in [3.63, 3.8) is 0 Å². The number of hydrogen-bond acceptors (Lipinski definition) is 3. The molecule has 2 rings (SSSR count). The van der Waals surface area contributed by atoms with Crippen LogP contribution in [0.5, 0.6) is 5.75 Å². The number of benzene rings is 1. The van der Waals surface area contributed by atoms with Crippen LogP contribution in [0.25, 0.3) is 11.3 Å². The molecule has 0 spiro atoms. The fraction of sp³-hybridized carbons (Fsp3) is 0.286. The summed E-state index contributed by atoms with van der Waals surface area (Å²) in [6, 6.07) is 5.80. The predicted molar refractivity (Wildman–Crippen MR) is 71.1 cm³/mol. The zero-order valence-electron chi connectivity index (χ0n) is 11.0. The van der Waals surface area contributed by atoms with Gasteiger partial charge in [-0.05, 0) is 50.1 Å². The van der Waals surface area contributed by atoms with Gasteiger partial charge in [-0.1, -0.05) is 0 Å². The van der Waals surface area contributed by atoms with Crippen LogP contribution in [0.3, 0.4) is 0 Å². The van der Waals surface area contributed by atoms with Crippen molar-refractivity contribution in [3.8, 4) is 17.0 Å². The summed E-state index contributed by atoms with van der Waals surface area (Å²) >= 11 is 0. The minimum Gasteiger partial charge on any atom is -0.496 e. The number of methoxy groups -OCH3 is 1. The van der Waals surface area contributed by atoms with Crippen molar-refractivity contribution < 1.29 is 4.74 Å². The van der Waals surface area contributed by atoms with Gasteiger partial charge in [0.05, 0.1) is 12.8 Å². The van der Waals surface area contributed by atoms with Gasteiger partial charge in [0.1, 0.15) is 5.75 Å². The molecule has 94 valence electrons. The first-order chi connectivity index (χ1) is 8.51. The van der Waals surface area contributed by atoms with Crippen molar-refractivity contribution in [1.82, 2.24) is 9.97 Å². The van der Waals surface area contributed by atoms with Crippen LogP contribution < -0.4 is 10.4 Å². The van der Waals surface area contributed by atoms with Crippen molar-refractivity contribution in [2.75, 3.05) is 7.11 Å². The lowest BCUT2D eigenvalue weighted by atomic mass is 10.0. The monoisotopic (exact) mass is 244 g/mol. The lowest BCUT2D eigenvalue weighted by Crippen LogP contribution is -2.12. The van der Waals surface area contributed by atoms with E-state index >= 15 is 0 Å². The lowest BCUT2D eigenvalue weighted by Gasteiger charge is -2.11. The van der Waals surface area contributed by atoms with Gasteiger partial charge in [-0.15, -0.1) is 0 Å². The van der Waals surface area contributed by atoms with Crippen LogP contribution in [-0.2, 0) is 0 Å². The van der Waals surface area contributed by atoms with Gasteiger partial charge in [-0.3, -0.25) is 0 Å². The van der Waals surface area contributed by atoms with E-state index in [9.17, 15) is 4.79 Å². The molecule has 1 heterocycles. The topological polar surface area (TPSA) is 55.0 Å². The summed E-state index contributed by atoms with van der Waals surface area (Å²) in [4.78, 5) is 18.1. The maximum Gasteiger partial charge on any atom is 0.345 e. The maximum atomic E-state index is 11.4. The quantitative estimate of drug-likeness (QED) is 0.882. The Morgan fingerprint density at radius 2 is 1.78 bits per heavy atom. The number of ether oxygens (including phenoxy) is 1. The molecule has 18 heavy (non-hydrogen) atoms. The molecule has 1 N–H and O–H groups in total. The number of aromatic nitrogens is 2. The van der Waals surface area contributed by atoms with E-state index in [0.29, 0.717) is 5.69 Å². The molecule has 0 saturated heterocycles. The van der Waals surface area contributed by atoms with E-state index in [1.165, 1.54) is 0 Å². The van der Waals surface area contributed by atoms with Gasteiger partial charge < -0.3 is 9.72 Å². The zero-order valence-corrected chi connectivity index (χ0v) is 11.0. The first-order valence-corrected chi connectivity index (χ1v) is 5.75. The second-order valence-electron chi connectivity index (χ2n) is 4.39. The van der Waals surface area contributed by atoms with Crippen molar-refractivity contribution in [1.29, 1.82) is 0 Å². The van der Waals surface area contributed by atoms with Gasteiger partial charge in [0.15, 0.2) is 0 Å². The Morgan fingerprint density at radius 3 is 2.39 bits per heavy atom. The molecule has 2 aromatic rings. The Bertz CT molecular complexity index is 645. The molecule has 0 aliphatic heterocycles. The fourth-order valence-electron chi connectivity index (χ4n) is 1.88. The smallest absolute Gasteiger partial charge is 0.345 e. The van der Waals surface area contributed by atoms with Crippen LogP contribution in [0.15, 0.2) is 23.0 Å².